The second-order valence-corrected chi connectivity index (χ2v) is 10.9. The molecule has 0 aliphatic carbocycles. The van der Waals surface area contributed by atoms with Crippen molar-refractivity contribution in [2.45, 2.75) is 78.8 Å². The van der Waals surface area contributed by atoms with Crippen LogP contribution in [0, 0.1) is 17.3 Å². The van der Waals surface area contributed by atoms with Gasteiger partial charge in [-0.2, -0.15) is 0 Å². The Balaban J connectivity index is 2.41. The molecule has 0 aromatic carbocycles. The number of halogens is 1. The molecule has 2 heterocycles. The molecule has 0 spiro atoms. The molecule has 2 rings (SSSR count). The quantitative estimate of drug-likeness (QED) is 0.400. The van der Waals surface area contributed by atoms with Crippen LogP contribution in [0.25, 0.3) is 6.08 Å². The first kappa shape index (κ1) is 30.0. The van der Waals surface area contributed by atoms with E-state index in [4.69, 9.17) is 4.74 Å². The molecule has 36 heavy (non-hydrogen) atoms. The van der Waals surface area contributed by atoms with Crippen LogP contribution >= 0.6 is 11.3 Å². The number of ether oxygens (including phenoxy) is 1. The van der Waals surface area contributed by atoms with Gasteiger partial charge < -0.3 is 20.1 Å². The van der Waals surface area contributed by atoms with Crippen molar-refractivity contribution < 1.29 is 34.0 Å². The van der Waals surface area contributed by atoms with Crippen LogP contribution in [-0.4, -0.2) is 57.0 Å². The van der Waals surface area contributed by atoms with Gasteiger partial charge in [-0.05, 0) is 30.6 Å². The lowest BCUT2D eigenvalue weighted by Gasteiger charge is -2.34. The third kappa shape index (κ3) is 7.90. The van der Waals surface area contributed by atoms with Gasteiger partial charge in [-0.1, -0.05) is 45.9 Å². The number of alkyl halides is 1. The first-order chi connectivity index (χ1) is 16.9. The van der Waals surface area contributed by atoms with Gasteiger partial charge in [0.2, 0.25) is 0 Å². The predicted octanol–water partition coefficient (Wildman–Crippen LogP) is 4.18. The average molecular weight is 524 g/mol. The zero-order valence-electron chi connectivity index (χ0n) is 21.6. The van der Waals surface area contributed by atoms with Crippen molar-refractivity contribution in [1.82, 2.24) is 4.98 Å². The highest BCUT2D eigenvalue weighted by Crippen LogP contribution is 2.32. The van der Waals surface area contributed by atoms with Crippen LogP contribution in [0.4, 0.5) is 4.39 Å². The molecule has 5 atom stereocenters. The topological polar surface area (TPSA) is 117 Å². The molecule has 0 bridgehead atoms. The number of aliphatic hydroxyl groups excluding tert-OH is 3. The van der Waals surface area contributed by atoms with Gasteiger partial charge in [0.05, 0.1) is 36.3 Å². The van der Waals surface area contributed by atoms with Crippen molar-refractivity contribution in [3.8, 4) is 0 Å². The van der Waals surface area contributed by atoms with Crippen LogP contribution in [0.15, 0.2) is 34.8 Å². The molecule has 1 aliphatic heterocycles. The number of carbonyl (C=O) groups excluding carboxylic acids is 2. The van der Waals surface area contributed by atoms with Gasteiger partial charge in [-0.3, -0.25) is 9.59 Å². The highest BCUT2D eigenvalue weighted by Gasteiger charge is 2.42. The van der Waals surface area contributed by atoms with Gasteiger partial charge in [0.15, 0.2) is 0 Å². The van der Waals surface area contributed by atoms with Gasteiger partial charge in [-0.25, -0.2) is 9.37 Å². The van der Waals surface area contributed by atoms with Crippen molar-refractivity contribution in [2.75, 3.05) is 6.67 Å². The van der Waals surface area contributed by atoms with E-state index in [0.717, 1.165) is 0 Å². The minimum Gasteiger partial charge on any atom is -0.457 e. The molecule has 7 nitrogen and oxygen atoms in total. The smallest absolute Gasteiger partial charge is 0.309 e. The second kappa shape index (κ2) is 13.4. The number of hydrogen-bond acceptors (Lipinski definition) is 8. The van der Waals surface area contributed by atoms with Crippen LogP contribution in [0.5, 0.6) is 0 Å². The number of cyclic esters (lactones) is 1. The van der Waals surface area contributed by atoms with Crippen molar-refractivity contribution in [2.24, 2.45) is 17.3 Å². The summed E-state index contributed by atoms with van der Waals surface area (Å²) in [7, 11) is 0. The summed E-state index contributed by atoms with van der Waals surface area (Å²) in [5.74, 6) is -2.20. The molecule has 1 aromatic rings. The summed E-state index contributed by atoms with van der Waals surface area (Å²) in [5, 5.41) is 33.1. The molecule has 0 amide bonds. The first-order valence-corrected chi connectivity index (χ1v) is 13.0. The van der Waals surface area contributed by atoms with Crippen LogP contribution < -0.4 is 0 Å². The van der Waals surface area contributed by atoms with Crippen molar-refractivity contribution in [3.63, 3.8) is 0 Å². The maximum atomic E-state index is 13.7. The fourth-order valence-corrected chi connectivity index (χ4v) is 4.72. The summed E-state index contributed by atoms with van der Waals surface area (Å²) >= 11 is 1.30. The number of thiazole rings is 1. The number of aliphatic hydroxyl groups is 3. The molecular weight excluding hydrogens is 485 g/mol. The largest absolute Gasteiger partial charge is 0.457 e. The highest BCUT2D eigenvalue weighted by molar-refractivity contribution is 7.09. The third-order valence-electron chi connectivity index (χ3n) is 6.77. The lowest BCUT2D eigenvalue weighted by molar-refractivity contribution is -0.154. The van der Waals surface area contributed by atoms with Gasteiger partial charge in [0, 0.05) is 23.6 Å². The Morgan fingerprint density at radius 3 is 2.61 bits per heavy atom. The number of aromatic nitrogens is 1. The molecular formula is C27H38FNO6S. The highest BCUT2D eigenvalue weighted by atomic mass is 32.1. The lowest BCUT2D eigenvalue weighted by atomic mass is 9.73. The van der Waals surface area contributed by atoms with Crippen molar-refractivity contribution in [1.29, 1.82) is 0 Å². The van der Waals surface area contributed by atoms with E-state index >= 15 is 0 Å². The van der Waals surface area contributed by atoms with E-state index in [1.54, 1.807) is 64.3 Å². The van der Waals surface area contributed by atoms with E-state index in [9.17, 15) is 29.3 Å². The van der Waals surface area contributed by atoms with E-state index < -0.39 is 48.7 Å². The monoisotopic (exact) mass is 523 g/mol. The lowest BCUT2D eigenvalue weighted by Crippen LogP contribution is -2.45. The minimum absolute atomic E-state index is 0.174. The minimum atomic E-state index is -1.32. The molecule has 0 fully saturated rings. The summed E-state index contributed by atoms with van der Waals surface area (Å²) < 4.78 is 19.4. The molecule has 0 saturated heterocycles. The number of nitrogens with zero attached hydrogens (tertiary/aromatic N) is 1. The van der Waals surface area contributed by atoms with Gasteiger partial charge in [0.1, 0.15) is 23.6 Å². The number of ketones is 1. The Labute approximate surface area is 216 Å². The molecule has 3 N–H and O–H groups in total. The molecule has 1 aromatic heterocycles. The Bertz CT molecular complexity index is 998. The van der Waals surface area contributed by atoms with Crippen molar-refractivity contribution >= 4 is 29.2 Å². The van der Waals surface area contributed by atoms with Crippen LogP contribution in [0.2, 0.25) is 0 Å². The van der Waals surface area contributed by atoms with E-state index in [0.29, 0.717) is 28.3 Å². The number of rotatable bonds is 4. The summed E-state index contributed by atoms with van der Waals surface area (Å²) in [6.45, 7) is 7.40. The molecule has 9 heteroatoms. The maximum Gasteiger partial charge on any atom is 0.309 e. The van der Waals surface area contributed by atoms with E-state index in [1.165, 1.54) is 11.3 Å². The Hall–Kier alpha value is -2.20. The zero-order valence-corrected chi connectivity index (χ0v) is 22.4. The summed E-state index contributed by atoms with van der Waals surface area (Å²) in [6, 6.07) is 0. The third-order valence-corrected chi connectivity index (χ3v) is 7.62. The Morgan fingerprint density at radius 2 is 2.00 bits per heavy atom. The fraction of sp³-hybridized carbons (Fsp3) is 0.593. The summed E-state index contributed by atoms with van der Waals surface area (Å²) in [5.41, 5.74) is 0.480. The van der Waals surface area contributed by atoms with Gasteiger partial charge >= 0.3 is 5.97 Å². The number of carbonyl (C=O) groups is 2. The number of hydrogen-bond donors (Lipinski definition) is 3. The number of esters is 1. The van der Waals surface area contributed by atoms with Gasteiger partial charge in [-0.15, -0.1) is 11.3 Å². The van der Waals surface area contributed by atoms with Gasteiger partial charge in [0.25, 0.3) is 0 Å². The predicted molar refractivity (Wildman–Crippen MR) is 138 cm³/mol. The van der Waals surface area contributed by atoms with Crippen LogP contribution in [-0.2, 0) is 20.9 Å². The second-order valence-electron chi connectivity index (χ2n) is 10.00. The first-order valence-electron chi connectivity index (χ1n) is 12.1. The number of Topliss-reactive ketones (excluding diaryl/α,β-unsaturated/α-hetero) is 1. The Morgan fingerprint density at radius 1 is 1.31 bits per heavy atom. The van der Waals surface area contributed by atoms with E-state index in [-0.39, 0.29) is 24.7 Å². The maximum absolute atomic E-state index is 13.7. The summed E-state index contributed by atoms with van der Waals surface area (Å²) in [6.07, 6.45) is 4.02. The molecule has 0 radical (unpaired) electrons. The van der Waals surface area contributed by atoms with Crippen LogP contribution in [0.1, 0.15) is 64.6 Å². The molecule has 200 valence electrons. The van der Waals surface area contributed by atoms with Crippen LogP contribution in [0.3, 0.4) is 0 Å². The standard InChI is InChI=1S/C27H38FNO6S/c1-16-7-6-8-19(13-28)9-10-21(17(2)11-20-15-36-23(14-30)29-20)35-24(32)12-22(31)27(4,5)26(34)18(3)25(16)33/h6-7,9,11,15-16,18,21-22,25,30-31,33H,8,10,12-14H2,1-5H3/b7-6+,17-11+,19-9+/t16-,18+,21-,22-,25-/m0/s1. The van der Waals surface area contributed by atoms with E-state index in [2.05, 4.69) is 4.98 Å². The molecule has 0 unspecified atom stereocenters. The summed E-state index contributed by atoms with van der Waals surface area (Å²) in [4.78, 5) is 30.3. The Kier molecular flexibility index (Phi) is 11.2. The van der Waals surface area contributed by atoms with E-state index in [1.807, 2.05) is 0 Å². The van der Waals surface area contributed by atoms with Crippen molar-refractivity contribution in [3.05, 3.63) is 45.5 Å². The average Bonchev–Trinajstić information content (AvgIpc) is 3.30. The SMILES string of the molecule is C/C(=C\c1csc(CO)n1)[C@@H]1C/C=C(/CF)C/C=C/[C@H](C)[C@H](O)[C@@H](C)C(=O)C(C)(C)[C@@H](O)CC(=O)O1. The number of allylic oxidation sites excluding steroid dienone is 2. The molecule has 1 aliphatic rings. The fourth-order valence-electron chi connectivity index (χ4n) is 4.11. The normalized spacial score (nSPS) is 31.4. The zero-order chi connectivity index (χ0) is 27.0. The molecule has 0 saturated carbocycles.